The summed E-state index contributed by atoms with van der Waals surface area (Å²) in [5, 5.41) is 15.3. The van der Waals surface area contributed by atoms with Gasteiger partial charge < -0.3 is 5.32 Å². The lowest BCUT2D eigenvalue weighted by atomic mass is 10.0. The summed E-state index contributed by atoms with van der Waals surface area (Å²) in [5.41, 5.74) is 6.04. The number of amides is 1. The van der Waals surface area contributed by atoms with Crippen LogP contribution < -0.4 is 5.32 Å². The van der Waals surface area contributed by atoms with Crippen molar-refractivity contribution in [2.24, 2.45) is 7.05 Å². The molecule has 8 heteroatoms. The van der Waals surface area contributed by atoms with Crippen molar-refractivity contribution < 1.29 is 9.59 Å². The van der Waals surface area contributed by atoms with E-state index in [2.05, 4.69) is 25.6 Å². The van der Waals surface area contributed by atoms with Crippen LogP contribution in [0.1, 0.15) is 49.2 Å². The number of hydrogen-bond acceptors (Lipinski definition) is 5. The standard InChI is InChI=1S/C28H24N6O2/c1-17-6-4-8-21(29-17)11-13-24-23-12-10-20(16-25(23)32-31-24)27(35)19-7-5-9-22(15-19)30-28(36)26-14-18(2)33-34(26)3/h4-16H,1-3H3,(H,30,36)(H,31,32)/b13-11+. The molecule has 2 aromatic carbocycles. The molecular weight excluding hydrogens is 452 g/mol. The van der Waals surface area contributed by atoms with Crippen LogP contribution in [0.15, 0.2) is 66.7 Å². The van der Waals surface area contributed by atoms with Gasteiger partial charge in [0.15, 0.2) is 5.78 Å². The van der Waals surface area contributed by atoms with Crippen molar-refractivity contribution in [1.82, 2.24) is 25.0 Å². The first-order valence-corrected chi connectivity index (χ1v) is 11.4. The van der Waals surface area contributed by atoms with E-state index in [0.717, 1.165) is 33.7 Å². The van der Waals surface area contributed by atoms with Gasteiger partial charge in [0.2, 0.25) is 0 Å². The Hall–Kier alpha value is -4.85. The Bertz CT molecular complexity index is 1640. The lowest BCUT2D eigenvalue weighted by molar-refractivity contribution is 0.101. The molecule has 3 heterocycles. The molecule has 0 aliphatic carbocycles. The van der Waals surface area contributed by atoms with Crippen molar-refractivity contribution in [3.05, 3.63) is 106 Å². The summed E-state index contributed by atoms with van der Waals surface area (Å²) in [4.78, 5) is 30.3. The molecule has 0 fully saturated rings. The fraction of sp³-hybridized carbons (Fsp3) is 0.107. The van der Waals surface area contributed by atoms with Crippen LogP contribution in [0, 0.1) is 13.8 Å². The third-order valence-electron chi connectivity index (χ3n) is 5.79. The van der Waals surface area contributed by atoms with Crippen LogP contribution in [0.4, 0.5) is 5.69 Å². The van der Waals surface area contributed by atoms with E-state index in [1.54, 1.807) is 49.5 Å². The van der Waals surface area contributed by atoms with E-state index in [1.807, 2.05) is 50.3 Å². The van der Waals surface area contributed by atoms with E-state index in [4.69, 9.17) is 0 Å². The van der Waals surface area contributed by atoms with Crippen molar-refractivity contribution in [3.63, 3.8) is 0 Å². The molecule has 0 radical (unpaired) electrons. The molecule has 36 heavy (non-hydrogen) atoms. The molecule has 178 valence electrons. The quantitative estimate of drug-likeness (QED) is 0.337. The van der Waals surface area contributed by atoms with E-state index in [-0.39, 0.29) is 11.7 Å². The number of pyridine rings is 1. The minimum Gasteiger partial charge on any atom is -0.321 e. The number of carbonyl (C=O) groups excluding carboxylic acids is 2. The van der Waals surface area contributed by atoms with Crippen molar-refractivity contribution >= 4 is 40.4 Å². The Labute approximate surface area is 207 Å². The van der Waals surface area contributed by atoms with Crippen LogP contribution in [0.25, 0.3) is 23.1 Å². The fourth-order valence-corrected chi connectivity index (χ4v) is 4.05. The number of benzene rings is 2. The largest absolute Gasteiger partial charge is 0.321 e. The topological polar surface area (TPSA) is 106 Å². The molecule has 5 aromatic rings. The molecule has 0 atom stereocenters. The van der Waals surface area contributed by atoms with Crippen LogP contribution in [0.5, 0.6) is 0 Å². The number of anilines is 1. The second kappa shape index (κ2) is 9.42. The highest BCUT2D eigenvalue weighted by Gasteiger charge is 2.15. The van der Waals surface area contributed by atoms with E-state index in [9.17, 15) is 9.59 Å². The van der Waals surface area contributed by atoms with Gasteiger partial charge in [0.1, 0.15) is 5.69 Å². The number of hydrogen-bond donors (Lipinski definition) is 2. The third kappa shape index (κ3) is 4.69. The SMILES string of the molecule is Cc1cccc(/C=C/c2n[nH]c3cc(C(=O)c4cccc(NC(=O)c5cc(C)nn5C)c4)ccc23)n1. The number of fused-ring (bicyclic) bond motifs is 1. The van der Waals surface area contributed by atoms with Crippen molar-refractivity contribution in [3.8, 4) is 0 Å². The highest BCUT2D eigenvalue weighted by molar-refractivity contribution is 6.12. The Kier molecular flexibility index (Phi) is 6.00. The van der Waals surface area contributed by atoms with Gasteiger partial charge in [0.05, 0.1) is 22.6 Å². The predicted molar refractivity (Wildman–Crippen MR) is 140 cm³/mol. The number of nitrogens with one attached hydrogen (secondary N) is 2. The zero-order valence-corrected chi connectivity index (χ0v) is 20.1. The fourth-order valence-electron chi connectivity index (χ4n) is 4.05. The second-order valence-electron chi connectivity index (χ2n) is 8.56. The van der Waals surface area contributed by atoms with E-state index >= 15 is 0 Å². The Morgan fingerprint density at radius 1 is 0.917 bits per heavy atom. The van der Waals surface area contributed by atoms with E-state index < -0.39 is 0 Å². The number of aromatic nitrogens is 5. The third-order valence-corrected chi connectivity index (χ3v) is 5.79. The maximum Gasteiger partial charge on any atom is 0.273 e. The van der Waals surface area contributed by atoms with Gasteiger partial charge in [-0.25, -0.2) is 0 Å². The minimum absolute atomic E-state index is 0.153. The summed E-state index contributed by atoms with van der Waals surface area (Å²) in [5.74, 6) is -0.442. The van der Waals surface area contributed by atoms with Gasteiger partial charge in [-0.1, -0.05) is 24.3 Å². The number of carbonyl (C=O) groups is 2. The van der Waals surface area contributed by atoms with E-state index in [0.29, 0.717) is 22.5 Å². The Balaban J connectivity index is 1.35. The summed E-state index contributed by atoms with van der Waals surface area (Å²) >= 11 is 0. The molecular formula is C28H24N6O2. The van der Waals surface area contributed by atoms with Gasteiger partial charge in [0.25, 0.3) is 5.91 Å². The van der Waals surface area contributed by atoms with Crippen LogP contribution in [-0.2, 0) is 7.05 Å². The molecule has 3 aromatic heterocycles. The van der Waals surface area contributed by atoms with Crippen LogP contribution >= 0.6 is 0 Å². The highest BCUT2D eigenvalue weighted by atomic mass is 16.2. The minimum atomic E-state index is -0.289. The molecule has 0 bridgehead atoms. The maximum atomic E-state index is 13.2. The number of aromatic amines is 1. The van der Waals surface area contributed by atoms with Gasteiger partial charge in [-0.3, -0.25) is 24.4 Å². The summed E-state index contributed by atoms with van der Waals surface area (Å²) in [6, 6.07) is 19.9. The average Bonchev–Trinajstić information content (AvgIpc) is 3.43. The maximum absolute atomic E-state index is 13.2. The summed E-state index contributed by atoms with van der Waals surface area (Å²) in [7, 11) is 1.72. The van der Waals surface area contributed by atoms with Gasteiger partial charge in [0, 0.05) is 34.9 Å². The first-order chi connectivity index (χ1) is 17.4. The molecule has 0 unspecified atom stereocenters. The molecule has 8 nitrogen and oxygen atoms in total. The zero-order chi connectivity index (χ0) is 25.2. The average molecular weight is 477 g/mol. The van der Waals surface area contributed by atoms with Gasteiger partial charge >= 0.3 is 0 Å². The van der Waals surface area contributed by atoms with Gasteiger partial charge in [-0.2, -0.15) is 10.2 Å². The lowest BCUT2D eigenvalue weighted by Crippen LogP contribution is -2.16. The molecule has 0 saturated carbocycles. The molecule has 0 saturated heterocycles. The number of ketones is 1. The molecule has 0 aliphatic rings. The second-order valence-corrected chi connectivity index (χ2v) is 8.56. The predicted octanol–water partition coefficient (Wildman–Crippen LogP) is 4.96. The lowest BCUT2D eigenvalue weighted by Gasteiger charge is -2.08. The van der Waals surface area contributed by atoms with Crippen molar-refractivity contribution in [2.75, 3.05) is 5.32 Å². The number of aryl methyl sites for hydroxylation is 3. The number of H-pyrrole nitrogens is 1. The van der Waals surface area contributed by atoms with Crippen LogP contribution in [0.3, 0.4) is 0 Å². The van der Waals surface area contributed by atoms with Gasteiger partial charge in [-0.05, 0) is 68.5 Å². The summed E-state index contributed by atoms with van der Waals surface area (Å²) in [6.45, 7) is 3.78. The first-order valence-electron chi connectivity index (χ1n) is 11.4. The monoisotopic (exact) mass is 476 g/mol. The summed E-state index contributed by atoms with van der Waals surface area (Å²) in [6.07, 6.45) is 3.81. The van der Waals surface area contributed by atoms with Gasteiger partial charge in [-0.15, -0.1) is 0 Å². The highest BCUT2D eigenvalue weighted by Crippen LogP contribution is 2.22. The number of nitrogens with zero attached hydrogens (tertiary/aromatic N) is 4. The Morgan fingerprint density at radius 3 is 2.50 bits per heavy atom. The summed E-state index contributed by atoms with van der Waals surface area (Å²) < 4.78 is 1.53. The molecule has 5 rings (SSSR count). The zero-order valence-electron chi connectivity index (χ0n) is 20.1. The van der Waals surface area contributed by atoms with Crippen molar-refractivity contribution in [2.45, 2.75) is 13.8 Å². The molecule has 0 aliphatic heterocycles. The normalized spacial score (nSPS) is 11.3. The first kappa shape index (κ1) is 22.9. The molecule has 1 amide bonds. The number of rotatable bonds is 6. The van der Waals surface area contributed by atoms with Crippen LogP contribution in [-0.4, -0.2) is 36.7 Å². The molecule has 2 N–H and O–H groups in total. The van der Waals surface area contributed by atoms with Crippen molar-refractivity contribution in [1.29, 1.82) is 0 Å². The Morgan fingerprint density at radius 2 is 1.72 bits per heavy atom. The van der Waals surface area contributed by atoms with Crippen LogP contribution in [0.2, 0.25) is 0 Å². The smallest absolute Gasteiger partial charge is 0.273 e. The molecule has 0 spiro atoms. The van der Waals surface area contributed by atoms with E-state index in [1.165, 1.54) is 4.68 Å².